The third-order valence-electron chi connectivity index (χ3n) is 8.97. The van der Waals surface area contributed by atoms with E-state index in [1.54, 1.807) is 14.0 Å². The number of methoxy groups -OCH3 is 1. The molecule has 2 unspecified atom stereocenters. The van der Waals surface area contributed by atoms with E-state index in [-0.39, 0.29) is 42.3 Å². The highest BCUT2D eigenvalue weighted by atomic mass is 32.2. The number of fused-ring (bicyclic) bond motifs is 1. The Morgan fingerprint density at radius 1 is 1.25 bits per heavy atom. The lowest BCUT2D eigenvalue weighted by Crippen LogP contribution is -2.48. The van der Waals surface area contributed by atoms with Crippen LogP contribution in [0.3, 0.4) is 0 Å². The second-order valence-corrected chi connectivity index (χ2v) is 18.3. The van der Waals surface area contributed by atoms with E-state index < -0.39 is 20.3 Å². The number of esters is 1. The highest BCUT2D eigenvalue weighted by Gasteiger charge is 2.45. The fraction of sp³-hybridized carbons (Fsp3) is 0.645. The van der Waals surface area contributed by atoms with Gasteiger partial charge in [0.15, 0.2) is 5.82 Å². The van der Waals surface area contributed by atoms with Crippen molar-refractivity contribution in [1.29, 1.82) is 0 Å². The van der Waals surface area contributed by atoms with Crippen LogP contribution in [0.2, 0.25) is 18.1 Å². The molecule has 2 heterocycles. The molecule has 2 N–H and O–H groups in total. The number of benzene rings is 1. The molecule has 44 heavy (non-hydrogen) atoms. The van der Waals surface area contributed by atoms with E-state index in [1.165, 1.54) is 18.7 Å². The first-order valence-corrected chi connectivity index (χ1v) is 19.1. The molecule has 2 amide bonds. The number of aryl methyl sites for hydroxylation is 1. The van der Waals surface area contributed by atoms with E-state index in [2.05, 4.69) is 61.6 Å². The first-order valence-electron chi connectivity index (χ1n) is 15.1. The minimum absolute atomic E-state index is 0.0265. The maximum Gasteiger partial charge on any atom is 0.338 e. The summed E-state index contributed by atoms with van der Waals surface area (Å²) in [5.74, 6) is 1.92. The Morgan fingerprint density at radius 3 is 2.55 bits per heavy atom. The molecule has 1 aromatic carbocycles. The molecule has 0 spiro atoms. The molecular formula is C31H48N4O7SSi. The number of hydrogen-bond donors (Lipinski definition) is 2. The van der Waals surface area contributed by atoms with Gasteiger partial charge >= 0.3 is 5.97 Å². The van der Waals surface area contributed by atoms with Gasteiger partial charge in [0.2, 0.25) is 17.7 Å². The van der Waals surface area contributed by atoms with Gasteiger partial charge in [-0.2, -0.15) is 16.7 Å². The van der Waals surface area contributed by atoms with E-state index in [1.807, 2.05) is 13.0 Å². The smallest absolute Gasteiger partial charge is 0.338 e. The van der Waals surface area contributed by atoms with Crippen LogP contribution in [0, 0.1) is 25.7 Å². The monoisotopic (exact) mass is 648 g/mol. The van der Waals surface area contributed by atoms with Crippen molar-refractivity contribution >= 4 is 37.9 Å². The van der Waals surface area contributed by atoms with E-state index in [0.29, 0.717) is 63.7 Å². The maximum absolute atomic E-state index is 13.9. The molecular weight excluding hydrogens is 601 g/mol. The summed E-state index contributed by atoms with van der Waals surface area (Å²) < 4.78 is 24.0. The van der Waals surface area contributed by atoms with Crippen molar-refractivity contribution in [2.75, 3.05) is 26.0 Å². The molecule has 0 radical (unpaired) electrons. The van der Waals surface area contributed by atoms with Crippen LogP contribution in [-0.2, 0) is 20.1 Å². The van der Waals surface area contributed by atoms with Gasteiger partial charge in [0.1, 0.15) is 17.5 Å². The van der Waals surface area contributed by atoms with Gasteiger partial charge in [-0.25, -0.2) is 4.79 Å². The lowest BCUT2D eigenvalue weighted by molar-refractivity contribution is -0.122. The SMILES string of the molecule is COc1cc(O[Si](C)(C)C(C)(C)C(C)C)c2c(c1C)C(=O)OCC(CNC(C)=O)CCC(=O)NC(c1nc(C)no1)CSC2. The first kappa shape index (κ1) is 35.4. The molecule has 11 nitrogen and oxygen atoms in total. The maximum atomic E-state index is 13.9. The van der Waals surface area contributed by atoms with E-state index in [9.17, 15) is 14.4 Å². The van der Waals surface area contributed by atoms with Gasteiger partial charge in [0, 0.05) is 54.5 Å². The lowest BCUT2D eigenvalue weighted by atomic mass is 9.99. The summed E-state index contributed by atoms with van der Waals surface area (Å²) in [7, 11) is -0.831. The molecule has 2 atom stereocenters. The second-order valence-electron chi connectivity index (χ2n) is 12.8. The third-order valence-corrected chi connectivity index (χ3v) is 14.4. The largest absolute Gasteiger partial charge is 0.543 e. The number of carbonyl (C=O) groups excluding carboxylic acids is 3. The van der Waals surface area contributed by atoms with Crippen molar-refractivity contribution in [2.24, 2.45) is 11.8 Å². The molecule has 244 valence electrons. The van der Waals surface area contributed by atoms with Crippen LogP contribution in [0.1, 0.15) is 86.7 Å². The van der Waals surface area contributed by atoms with Crippen LogP contribution in [0.15, 0.2) is 10.6 Å². The van der Waals surface area contributed by atoms with Crippen molar-refractivity contribution in [2.45, 2.75) is 91.2 Å². The number of hydrogen-bond acceptors (Lipinski definition) is 10. The normalized spacial score (nSPS) is 19.0. The zero-order valence-electron chi connectivity index (χ0n) is 27.7. The van der Waals surface area contributed by atoms with Crippen LogP contribution in [0.5, 0.6) is 11.5 Å². The van der Waals surface area contributed by atoms with Crippen molar-refractivity contribution in [3.63, 3.8) is 0 Å². The summed E-state index contributed by atoms with van der Waals surface area (Å²) >= 11 is 1.52. The fourth-order valence-corrected chi connectivity index (χ4v) is 8.38. The van der Waals surface area contributed by atoms with Gasteiger partial charge < -0.3 is 29.1 Å². The fourth-order valence-electron chi connectivity index (χ4n) is 4.92. The molecule has 0 aliphatic carbocycles. The van der Waals surface area contributed by atoms with Crippen LogP contribution in [-0.4, -0.2) is 62.3 Å². The summed E-state index contributed by atoms with van der Waals surface area (Å²) in [5, 5.41) is 9.66. The van der Waals surface area contributed by atoms with Crippen LogP contribution in [0.4, 0.5) is 0 Å². The summed E-state index contributed by atoms with van der Waals surface area (Å²) in [4.78, 5) is 43.0. The molecule has 13 heteroatoms. The summed E-state index contributed by atoms with van der Waals surface area (Å²) in [6.07, 6.45) is 0.563. The highest BCUT2D eigenvalue weighted by Crippen LogP contribution is 2.47. The number of nitrogens with one attached hydrogen (secondary N) is 2. The third kappa shape index (κ3) is 8.55. The predicted octanol–water partition coefficient (Wildman–Crippen LogP) is 5.51. The van der Waals surface area contributed by atoms with Crippen LogP contribution < -0.4 is 19.8 Å². The Hall–Kier alpha value is -3.06. The zero-order chi connectivity index (χ0) is 32.8. The average molecular weight is 649 g/mol. The standard InChI is InChI=1S/C31H48N4O7SSi/c1-18(2)31(6,7)44(9,10)42-26-13-25(39-8)19(3)28-23(26)16-43-17-24(29-33-20(4)35-41-29)34-27(37)12-11-22(14-32-21(5)36)15-40-30(28)38/h13,18,22,24H,11-12,14-17H2,1-10H3,(H,32,36)(H,34,37). The van der Waals surface area contributed by atoms with Crippen molar-refractivity contribution in [3.05, 3.63) is 34.5 Å². The number of amides is 2. The molecule has 0 bridgehead atoms. The Labute approximate surface area is 266 Å². The molecule has 1 aliphatic rings. The van der Waals surface area contributed by atoms with Gasteiger partial charge in [-0.1, -0.05) is 32.9 Å². The van der Waals surface area contributed by atoms with Crippen molar-refractivity contribution in [1.82, 2.24) is 20.8 Å². The molecule has 2 aromatic rings. The number of aromatic nitrogens is 2. The molecule has 0 saturated heterocycles. The first-order chi connectivity index (χ1) is 20.6. The topological polar surface area (TPSA) is 142 Å². The molecule has 3 rings (SSSR count). The van der Waals surface area contributed by atoms with Gasteiger partial charge in [-0.3, -0.25) is 9.59 Å². The Bertz CT molecular complexity index is 1340. The average Bonchev–Trinajstić information content (AvgIpc) is 3.38. The van der Waals surface area contributed by atoms with Gasteiger partial charge in [0.05, 0.1) is 19.3 Å². The van der Waals surface area contributed by atoms with E-state index in [0.717, 1.165) is 0 Å². The minimum Gasteiger partial charge on any atom is -0.543 e. The minimum atomic E-state index is -2.41. The number of rotatable bonds is 8. The Balaban J connectivity index is 2.12. The molecule has 0 saturated carbocycles. The zero-order valence-corrected chi connectivity index (χ0v) is 29.5. The number of ether oxygens (including phenoxy) is 2. The lowest BCUT2D eigenvalue weighted by Gasteiger charge is -2.43. The number of carbonyl (C=O) groups is 3. The van der Waals surface area contributed by atoms with E-state index >= 15 is 0 Å². The molecule has 1 aromatic heterocycles. The predicted molar refractivity (Wildman–Crippen MR) is 172 cm³/mol. The molecule has 0 fully saturated rings. The summed E-state index contributed by atoms with van der Waals surface area (Å²) in [6, 6.07) is 1.34. The van der Waals surface area contributed by atoms with Gasteiger partial charge in [-0.15, -0.1) is 0 Å². The highest BCUT2D eigenvalue weighted by molar-refractivity contribution is 7.98. The summed E-state index contributed by atoms with van der Waals surface area (Å²) in [6.45, 7) is 18.5. The van der Waals surface area contributed by atoms with Crippen molar-refractivity contribution < 1.29 is 32.8 Å². The molecule has 1 aliphatic heterocycles. The van der Waals surface area contributed by atoms with Crippen molar-refractivity contribution in [3.8, 4) is 11.5 Å². The summed E-state index contributed by atoms with van der Waals surface area (Å²) in [5.41, 5.74) is 1.77. The van der Waals surface area contributed by atoms with Crippen LogP contribution in [0.25, 0.3) is 0 Å². The van der Waals surface area contributed by atoms with E-state index in [4.69, 9.17) is 18.4 Å². The number of cyclic esters (lactones) is 1. The Morgan fingerprint density at radius 2 is 1.95 bits per heavy atom. The number of thioether (sulfide) groups is 1. The number of nitrogens with zero attached hydrogens (tertiary/aromatic N) is 2. The Kier molecular flexibility index (Phi) is 11.9. The second kappa shape index (κ2) is 14.8. The quantitative estimate of drug-likeness (QED) is 0.278. The van der Waals surface area contributed by atoms with Gasteiger partial charge in [0.25, 0.3) is 8.32 Å². The van der Waals surface area contributed by atoms with Gasteiger partial charge in [-0.05, 0) is 44.3 Å². The van der Waals surface area contributed by atoms with Crippen LogP contribution >= 0.6 is 11.8 Å².